The van der Waals surface area contributed by atoms with Gasteiger partial charge in [0.25, 0.3) is 5.91 Å². The first-order valence-electron chi connectivity index (χ1n) is 9.79. The molecule has 0 unspecified atom stereocenters. The molecule has 0 radical (unpaired) electrons. The molecule has 4 rings (SSSR count). The number of benzene rings is 2. The van der Waals surface area contributed by atoms with Gasteiger partial charge in [-0.25, -0.2) is 0 Å². The molecule has 0 aliphatic carbocycles. The number of nitrogens with zero attached hydrogens (tertiary/aromatic N) is 2. The zero-order valence-electron chi connectivity index (χ0n) is 16.8. The van der Waals surface area contributed by atoms with Gasteiger partial charge in [0.05, 0.1) is 6.54 Å². The normalized spacial score (nSPS) is 15.3. The Morgan fingerprint density at radius 3 is 2.77 bits per heavy atom. The lowest BCUT2D eigenvalue weighted by Gasteiger charge is -2.10. The first kappa shape index (κ1) is 20.6. The number of likely N-dealkylation sites (N-methyl/N-ethyl adjacent to an activating group) is 1. The molecule has 1 aliphatic rings. The number of carbonyl (C=O) groups is 1. The third-order valence-electron chi connectivity index (χ3n) is 5.14. The number of ether oxygens (including phenoxy) is 1. The first-order valence-corrected chi connectivity index (χ1v) is 11.0. The van der Waals surface area contributed by atoms with Crippen LogP contribution in [-0.2, 0) is 11.3 Å². The largest absolute Gasteiger partial charge is 0.491 e. The monoisotopic (exact) mass is 483 g/mol. The molecular formula is C23H22BrN3O2S. The van der Waals surface area contributed by atoms with Crippen LogP contribution in [0.2, 0.25) is 0 Å². The number of hydrogen-bond donors (Lipinski definition) is 1. The van der Waals surface area contributed by atoms with Crippen LogP contribution in [0.15, 0.2) is 58.8 Å². The maximum absolute atomic E-state index is 12.6. The third-order valence-corrected chi connectivity index (χ3v) is 5.95. The number of aromatic nitrogens is 1. The number of aryl methyl sites for hydroxylation is 1. The molecule has 1 saturated heterocycles. The van der Waals surface area contributed by atoms with Gasteiger partial charge in [0.1, 0.15) is 18.1 Å². The number of para-hydroxylation sites is 1. The van der Waals surface area contributed by atoms with E-state index in [0.29, 0.717) is 30.5 Å². The fourth-order valence-corrected chi connectivity index (χ4v) is 4.27. The number of hydrogen-bond acceptors (Lipinski definition) is 3. The van der Waals surface area contributed by atoms with E-state index in [0.717, 1.165) is 32.3 Å². The number of rotatable bonds is 6. The Labute approximate surface area is 189 Å². The minimum atomic E-state index is -0.0960. The molecule has 1 amide bonds. The van der Waals surface area contributed by atoms with Crippen molar-refractivity contribution < 1.29 is 9.53 Å². The molecule has 2 aromatic carbocycles. The molecule has 5 nitrogen and oxygen atoms in total. The van der Waals surface area contributed by atoms with Crippen molar-refractivity contribution in [1.82, 2.24) is 14.8 Å². The summed E-state index contributed by atoms with van der Waals surface area (Å²) in [5.74, 6) is 0.800. The Hall–Kier alpha value is -2.64. The zero-order valence-corrected chi connectivity index (χ0v) is 19.2. The molecule has 0 bridgehead atoms. The summed E-state index contributed by atoms with van der Waals surface area (Å²) in [4.78, 5) is 14.2. The molecule has 154 valence electrons. The van der Waals surface area contributed by atoms with Gasteiger partial charge in [-0.05, 0) is 62.0 Å². The topological polar surface area (TPSA) is 46.5 Å². The highest BCUT2D eigenvalue weighted by Gasteiger charge is 2.29. The number of halogens is 1. The fraction of sp³-hybridized carbons (Fsp3) is 0.217. The van der Waals surface area contributed by atoms with E-state index in [4.69, 9.17) is 17.0 Å². The minimum absolute atomic E-state index is 0.0960. The van der Waals surface area contributed by atoms with Gasteiger partial charge in [0.15, 0.2) is 5.11 Å². The molecular weight excluding hydrogens is 462 g/mol. The van der Waals surface area contributed by atoms with Gasteiger partial charge in [-0.3, -0.25) is 9.69 Å². The molecule has 1 fully saturated rings. The molecule has 0 atom stereocenters. The van der Waals surface area contributed by atoms with Crippen molar-refractivity contribution in [3.8, 4) is 5.75 Å². The van der Waals surface area contributed by atoms with Crippen LogP contribution in [0.25, 0.3) is 17.0 Å². The Morgan fingerprint density at radius 1 is 1.23 bits per heavy atom. The number of nitrogens with one attached hydrogen (secondary N) is 1. The van der Waals surface area contributed by atoms with Gasteiger partial charge >= 0.3 is 0 Å². The highest BCUT2D eigenvalue weighted by atomic mass is 79.9. The Balaban J connectivity index is 1.63. The predicted octanol–water partition coefficient (Wildman–Crippen LogP) is 4.87. The number of carbonyl (C=O) groups excluding carboxylic acids is 1. The summed E-state index contributed by atoms with van der Waals surface area (Å²) in [7, 11) is 0. The summed E-state index contributed by atoms with van der Waals surface area (Å²) in [5.41, 5.74) is 3.65. The number of amides is 1. The maximum atomic E-state index is 12.6. The second kappa shape index (κ2) is 8.62. The summed E-state index contributed by atoms with van der Waals surface area (Å²) in [5, 5.41) is 4.54. The van der Waals surface area contributed by atoms with Crippen molar-refractivity contribution in [2.24, 2.45) is 0 Å². The molecule has 1 aliphatic heterocycles. The lowest BCUT2D eigenvalue weighted by atomic mass is 10.1. The second-order valence-corrected chi connectivity index (χ2v) is 8.39. The summed E-state index contributed by atoms with van der Waals surface area (Å²) in [6.45, 7) is 5.73. The Morgan fingerprint density at radius 2 is 2.03 bits per heavy atom. The van der Waals surface area contributed by atoms with E-state index in [1.54, 1.807) is 4.90 Å². The number of thiocarbonyl (C=S) groups is 1. The quantitative estimate of drug-likeness (QED) is 0.401. The SMILES string of the molecule is CCN1C(=O)C(=Cc2cn(CCOc3ccccc3C)c3ccc(Br)cc23)NC1=S. The molecule has 1 aromatic heterocycles. The first-order chi connectivity index (χ1) is 14.5. The van der Waals surface area contributed by atoms with Crippen LogP contribution in [0.1, 0.15) is 18.1 Å². The van der Waals surface area contributed by atoms with Gasteiger partial charge < -0.3 is 14.6 Å². The van der Waals surface area contributed by atoms with E-state index in [9.17, 15) is 4.79 Å². The maximum Gasteiger partial charge on any atom is 0.276 e. The second-order valence-electron chi connectivity index (χ2n) is 7.09. The smallest absolute Gasteiger partial charge is 0.276 e. The van der Waals surface area contributed by atoms with Gasteiger partial charge in [-0.15, -0.1) is 0 Å². The van der Waals surface area contributed by atoms with Crippen LogP contribution in [0.5, 0.6) is 5.75 Å². The van der Waals surface area contributed by atoms with E-state index in [1.807, 2.05) is 50.3 Å². The summed E-state index contributed by atoms with van der Waals surface area (Å²) >= 11 is 8.83. The van der Waals surface area contributed by atoms with E-state index >= 15 is 0 Å². The van der Waals surface area contributed by atoms with E-state index < -0.39 is 0 Å². The van der Waals surface area contributed by atoms with E-state index in [-0.39, 0.29) is 5.91 Å². The average molecular weight is 484 g/mol. The van der Waals surface area contributed by atoms with Gasteiger partial charge in [0.2, 0.25) is 0 Å². The van der Waals surface area contributed by atoms with E-state index in [2.05, 4.69) is 44.1 Å². The van der Waals surface area contributed by atoms with Crippen molar-refractivity contribution in [1.29, 1.82) is 0 Å². The van der Waals surface area contributed by atoms with E-state index in [1.165, 1.54) is 0 Å². The number of fused-ring (bicyclic) bond motifs is 1. The highest BCUT2D eigenvalue weighted by Crippen LogP contribution is 2.28. The lowest BCUT2D eigenvalue weighted by molar-refractivity contribution is -0.122. The summed E-state index contributed by atoms with van der Waals surface area (Å²) in [6, 6.07) is 14.2. The molecule has 7 heteroatoms. The average Bonchev–Trinajstić information content (AvgIpc) is 3.19. The van der Waals surface area contributed by atoms with Crippen molar-refractivity contribution in [3.63, 3.8) is 0 Å². The van der Waals surface area contributed by atoms with Crippen molar-refractivity contribution in [2.45, 2.75) is 20.4 Å². The van der Waals surface area contributed by atoms with Crippen LogP contribution < -0.4 is 10.1 Å². The van der Waals surface area contributed by atoms with Crippen LogP contribution in [0.3, 0.4) is 0 Å². The summed E-state index contributed by atoms with van der Waals surface area (Å²) < 4.78 is 9.12. The Kier molecular flexibility index (Phi) is 5.92. The van der Waals surface area contributed by atoms with Crippen molar-refractivity contribution in [3.05, 3.63) is 70.0 Å². The van der Waals surface area contributed by atoms with Gasteiger partial charge in [-0.2, -0.15) is 0 Å². The van der Waals surface area contributed by atoms with Gasteiger partial charge in [0, 0.05) is 33.7 Å². The Bertz CT molecular complexity index is 1170. The molecule has 0 spiro atoms. The predicted molar refractivity (Wildman–Crippen MR) is 127 cm³/mol. The standard InChI is InChI=1S/C23H22BrN3O2S/c1-3-27-22(28)19(25-23(27)30)12-16-14-26(20-9-8-17(24)13-18(16)20)10-11-29-21-7-5-4-6-15(21)2/h4-9,12-14H,3,10-11H2,1-2H3,(H,25,30). The van der Waals surface area contributed by atoms with Crippen molar-refractivity contribution in [2.75, 3.05) is 13.2 Å². The minimum Gasteiger partial charge on any atom is -0.491 e. The fourth-order valence-electron chi connectivity index (χ4n) is 3.58. The van der Waals surface area contributed by atoms with Crippen LogP contribution in [-0.4, -0.2) is 33.6 Å². The van der Waals surface area contributed by atoms with Crippen LogP contribution in [0.4, 0.5) is 0 Å². The molecule has 30 heavy (non-hydrogen) atoms. The molecule has 2 heterocycles. The van der Waals surface area contributed by atoms with Crippen molar-refractivity contribution >= 4 is 56.1 Å². The van der Waals surface area contributed by atoms with Crippen LogP contribution in [0, 0.1) is 6.92 Å². The molecule has 0 saturated carbocycles. The lowest BCUT2D eigenvalue weighted by Crippen LogP contribution is -2.30. The van der Waals surface area contributed by atoms with Gasteiger partial charge in [-0.1, -0.05) is 34.1 Å². The molecule has 1 N–H and O–H groups in total. The zero-order chi connectivity index (χ0) is 21.3. The molecule has 3 aromatic rings. The highest BCUT2D eigenvalue weighted by molar-refractivity contribution is 9.10. The third kappa shape index (κ3) is 4.00. The summed E-state index contributed by atoms with van der Waals surface area (Å²) in [6.07, 6.45) is 3.93. The van der Waals surface area contributed by atoms with Crippen LogP contribution >= 0.6 is 28.1 Å².